The SMILES string of the molecule is CC(C)(C)c1cc(-c2cc(-c3[c-]c(-c4cc(-c5cccc6c7ccccc7n(-c7cccc(-c8cccc(C(F)(F)F)c8)c7)c56)ccn4)ccc3)nc(-c3ccccc3O)c2)cc(C(C)(C)C)c1.[Pt]. The van der Waals surface area contributed by atoms with Crippen LogP contribution in [0.3, 0.4) is 0 Å². The number of aromatic hydroxyl groups is 1. The summed E-state index contributed by atoms with van der Waals surface area (Å²) in [5.74, 6) is 0.151. The van der Waals surface area contributed by atoms with Crippen molar-refractivity contribution in [2.75, 3.05) is 0 Å². The van der Waals surface area contributed by atoms with E-state index in [0.29, 0.717) is 28.1 Å². The minimum atomic E-state index is -4.45. The first-order valence-electron chi connectivity index (χ1n) is 22.8. The number of phenolic OH excluding ortho intramolecular Hbond substituents is 1. The molecule has 3 aromatic heterocycles. The van der Waals surface area contributed by atoms with Gasteiger partial charge < -0.3 is 9.67 Å². The number of aromatic nitrogens is 3. The third-order valence-corrected chi connectivity index (χ3v) is 12.7. The Balaban J connectivity index is 0.00000593. The van der Waals surface area contributed by atoms with Crippen molar-refractivity contribution in [3.63, 3.8) is 0 Å². The number of halogens is 3. The summed E-state index contributed by atoms with van der Waals surface area (Å²) in [7, 11) is 0. The molecule has 0 radical (unpaired) electrons. The van der Waals surface area contributed by atoms with E-state index in [9.17, 15) is 18.3 Å². The Kier molecular flexibility index (Phi) is 12.3. The van der Waals surface area contributed by atoms with Crippen LogP contribution in [0.15, 0.2) is 182 Å². The van der Waals surface area contributed by atoms with Crippen molar-refractivity contribution in [1.82, 2.24) is 14.5 Å². The molecule has 0 fully saturated rings. The zero-order valence-corrected chi connectivity index (χ0v) is 41.3. The maximum atomic E-state index is 13.8. The quantitative estimate of drug-likeness (QED) is 0.162. The molecular weight excluding hydrogens is 1040 g/mol. The Labute approximate surface area is 415 Å². The largest absolute Gasteiger partial charge is 0.507 e. The van der Waals surface area contributed by atoms with Crippen LogP contribution in [0.25, 0.3) is 94.6 Å². The molecule has 0 amide bonds. The molecule has 346 valence electrons. The van der Waals surface area contributed by atoms with E-state index in [2.05, 4.69) is 119 Å². The number of para-hydroxylation sites is 3. The van der Waals surface area contributed by atoms with Crippen molar-refractivity contribution in [3.05, 3.63) is 205 Å². The first-order chi connectivity index (χ1) is 32.5. The molecule has 0 aliphatic rings. The summed E-state index contributed by atoms with van der Waals surface area (Å²) >= 11 is 0. The van der Waals surface area contributed by atoms with E-state index in [1.54, 1.807) is 12.1 Å². The van der Waals surface area contributed by atoms with Gasteiger partial charge in [0.2, 0.25) is 0 Å². The molecule has 0 unspecified atom stereocenters. The summed E-state index contributed by atoms with van der Waals surface area (Å²) in [6.07, 6.45) is -2.64. The second kappa shape index (κ2) is 18.1. The molecule has 0 bridgehead atoms. The van der Waals surface area contributed by atoms with Crippen molar-refractivity contribution >= 4 is 21.8 Å². The number of rotatable bonds is 7. The molecule has 69 heavy (non-hydrogen) atoms. The molecular formula is C61H49F3N3OPt-. The molecule has 4 nitrogen and oxygen atoms in total. The standard InChI is InChI=1S/C61H49F3N3O.Pt/c1-59(2,3)46-31-43(32-47(37-46)60(4,5)6)44-35-54(66-55(36-44)52-22-8-10-26-57(52)68)42-18-11-17-41(29-42)53-34-40(27-28-65-53)49-23-14-24-51-50-21-7-9-25-56(50)67(58(49)51)48-20-13-16-39(33-48)38-15-12-19-45(30-38)61(62,63)64;/h7-28,30-37,68H,1-6H3;/q-1;. The first-order valence-corrected chi connectivity index (χ1v) is 22.8. The normalized spacial score (nSPS) is 12.1. The van der Waals surface area contributed by atoms with Crippen LogP contribution in [-0.2, 0) is 38.1 Å². The van der Waals surface area contributed by atoms with Crippen molar-refractivity contribution in [2.24, 2.45) is 0 Å². The zero-order chi connectivity index (χ0) is 47.5. The van der Waals surface area contributed by atoms with Gasteiger partial charge in [-0.3, -0.25) is 9.97 Å². The third kappa shape index (κ3) is 9.28. The molecule has 3 heterocycles. The fraction of sp³-hybridized carbons (Fsp3) is 0.148. The minimum Gasteiger partial charge on any atom is -0.507 e. The second-order valence-electron chi connectivity index (χ2n) is 19.5. The van der Waals surface area contributed by atoms with Crippen molar-refractivity contribution in [1.29, 1.82) is 0 Å². The van der Waals surface area contributed by atoms with E-state index in [0.717, 1.165) is 72.6 Å². The van der Waals surface area contributed by atoms with E-state index in [-0.39, 0.29) is 37.6 Å². The number of nitrogens with zero attached hydrogens (tertiary/aromatic N) is 3. The van der Waals surface area contributed by atoms with Gasteiger partial charge in [0.15, 0.2) is 0 Å². The Morgan fingerprint density at radius 2 is 1.04 bits per heavy atom. The van der Waals surface area contributed by atoms with E-state index in [1.165, 1.54) is 23.3 Å². The minimum absolute atomic E-state index is 0. The van der Waals surface area contributed by atoms with Crippen LogP contribution in [0.5, 0.6) is 5.75 Å². The predicted octanol–water partition coefficient (Wildman–Crippen LogP) is 16.7. The van der Waals surface area contributed by atoms with Gasteiger partial charge in [0.25, 0.3) is 0 Å². The molecule has 10 rings (SSSR count). The van der Waals surface area contributed by atoms with Gasteiger partial charge in [-0.25, -0.2) is 0 Å². The van der Waals surface area contributed by atoms with Crippen molar-refractivity contribution in [3.8, 4) is 78.6 Å². The number of phenols is 1. The Bertz CT molecular complexity index is 3530. The molecule has 1 N–H and O–H groups in total. The van der Waals surface area contributed by atoms with Gasteiger partial charge in [-0.2, -0.15) is 13.2 Å². The summed E-state index contributed by atoms with van der Waals surface area (Å²) in [6.45, 7) is 13.4. The van der Waals surface area contributed by atoms with Gasteiger partial charge >= 0.3 is 6.18 Å². The van der Waals surface area contributed by atoms with Gasteiger partial charge in [0.1, 0.15) is 5.75 Å². The van der Waals surface area contributed by atoms with Gasteiger partial charge in [0, 0.05) is 66.2 Å². The molecule has 0 atom stereocenters. The maximum absolute atomic E-state index is 13.8. The summed E-state index contributed by atoms with van der Waals surface area (Å²) in [5.41, 5.74) is 13.8. The molecule has 0 saturated carbocycles. The molecule has 0 aliphatic carbocycles. The van der Waals surface area contributed by atoms with Gasteiger partial charge in [0.05, 0.1) is 22.3 Å². The Morgan fingerprint density at radius 1 is 0.478 bits per heavy atom. The average Bonchev–Trinajstić information content (AvgIpc) is 3.68. The summed E-state index contributed by atoms with van der Waals surface area (Å²) in [5, 5.41) is 13.2. The average molecular weight is 1090 g/mol. The molecule has 8 heteroatoms. The molecule has 0 saturated heterocycles. The smallest absolute Gasteiger partial charge is 0.416 e. The summed E-state index contributed by atoms with van der Waals surface area (Å²) < 4.78 is 43.6. The summed E-state index contributed by atoms with van der Waals surface area (Å²) in [4.78, 5) is 10.1. The fourth-order valence-corrected chi connectivity index (χ4v) is 9.06. The van der Waals surface area contributed by atoms with Crippen LogP contribution >= 0.6 is 0 Å². The van der Waals surface area contributed by atoms with Gasteiger partial charge in [-0.05, 0) is 104 Å². The monoisotopic (exact) mass is 1090 g/mol. The van der Waals surface area contributed by atoms with E-state index in [4.69, 9.17) is 9.97 Å². The third-order valence-electron chi connectivity index (χ3n) is 12.7. The molecule has 10 aromatic rings. The predicted molar refractivity (Wildman–Crippen MR) is 272 cm³/mol. The van der Waals surface area contributed by atoms with Crippen LogP contribution in [0.2, 0.25) is 0 Å². The van der Waals surface area contributed by atoms with E-state index in [1.807, 2.05) is 85.1 Å². The maximum Gasteiger partial charge on any atom is 0.416 e. The number of pyridine rings is 2. The molecule has 0 spiro atoms. The van der Waals surface area contributed by atoms with Crippen LogP contribution in [-0.4, -0.2) is 19.6 Å². The van der Waals surface area contributed by atoms with Gasteiger partial charge in [-0.15, -0.1) is 24.3 Å². The Morgan fingerprint density at radius 3 is 1.77 bits per heavy atom. The van der Waals surface area contributed by atoms with Crippen LogP contribution < -0.4 is 0 Å². The van der Waals surface area contributed by atoms with Crippen LogP contribution in [0, 0.1) is 6.07 Å². The van der Waals surface area contributed by atoms with Gasteiger partial charge in [-0.1, -0.05) is 156 Å². The Hall–Kier alpha value is -7.08. The number of alkyl halides is 3. The fourth-order valence-electron chi connectivity index (χ4n) is 9.06. The molecule has 7 aromatic carbocycles. The van der Waals surface area contributed by atoms with E-state index < -0.39 is 11.7 Å². The zero-order valence-electron chi connectivity index (χ0n) is 39.1. The molecule has 0 aliphatic heterocycles. The van der Waals surface area contributed by atoms with Crippen molar-refractivity contribution < 1.29 is 39.3 Å². The summed E-state index contributed by atoms with van der Waals surface area (Å²) in [6, 6.07) is 59.7. The van der Waals surface area contributed by atoms with Crippen LogP contribution in [0.1, 0.15) is 58.2 Å². The number of hydrogen-bond acceptors (Lipinski definition) is 3. The van der Waals surface area contributed by atoms with E-state index >= 15 is 0 Å². The second-order valence-corrected chi connectivity index (χ2v) is 19.5. The number of benzene rings is 7. The number of fused-ring (bicyclic) bond motifs is 3. The number of hydrogen-bond donors (Lipinski definition) is 1. The topological polar surface area (TPSA) is 50.9 Å². The first kappa shape index (κ1) is 47.0. The van der Waals surface area contributed by atoms with Crippen molar-refractivity contribution in [2.45, 2.75) is 58.5 Å². The van der Waals surface area contributed by atoms with Crippen LogP contribution in [0.4, 0.5) is 13.2 Å².